The molecule has 0 fully saturated rings. The number of anilines is 1. The lowest BCUT2D eigenvalue weighted by Gasteiger charge is -2.37. The Morgan fingerprint density at radius 3 is 2.67 bits per heavy atom. The number of aliphatic hydroxyl groups excluding tert-OH is 1. The minimum atomic E-state index is -0.651. The summed E-state index contributed by atoms with van der Waals surface area (Å²) in [6, 6.07) is 15.0. The minimum Gasteiger partial charge on any atom is -0.387 e. The van der Waals surface area contributed by atoms with Crippen molar-refractivity contribution in [1.29, 1.82) is 0 Å². The third kappa shape index (κ3) is 3.48. The maximum Gasteiger partial charge on any atom is 0.255 e. The average Bonchev–Trinajstić information content (AvgIpc) is 2.71. The second-order valence-corrected chi connectivity index (χ2v) is 6.88. The van der Waals surface area contributed by atoms with E-state index in [1.54, 1.807) is 23.0 Å². The lowest BCUT2D eigenvalue weighted by molar-refractivity contribution is 0.177. The Balaban J connectivity index is 1.72. The fourth-order valence-electron chi connectivity index (χ4n) is 3.49. The second-order valence-electron chi connectivity index (χ2n) is 6.88. The summed E-state index contributed by atoms with van der Waals surface area (Å²) in [7, 11) is 0. The van der Waals surface area contributed by atoms with Crippen LogP contribution < -0.4 is 10.5 Å². The topological polar surface area (TPSA) is 71.2 Å². The Bertz CT molecular complexity index is 972. The third-order valence-electron chi connectivity index (χ3n) is 5.08. The molecule has 138 valence electrons. The summed E-state index contributed by atoms with van der Waals surface area (Å²) >= 11 is 0. The quantitative estimate of drug-likeness (QED) is 0.773. The maximum absolute atomic E-state index is 12.7. The number of hydrogen-bond donors (Lipinski definition) is 1. The van der Waals surface area contributed by atoms with Gasteiger partial charge in [0.05, 0.1) is 18.3 Å². The number of β-amino-alcohol motifs (C(OH)–C–C–N with tert-alkyl or cyclic N) is 1. The van der Waals surface area contributed by atoms with Gasteiger partial charge in [0.2, 0.25) is 5.95 Å². The molecule has 1 aliphatic heterocycles. The summed E-state index contributed by atoms with van der Waals surface area (Å²) in [5, 5.41) is 10.7. The predicted molar refractivity (Wildman–Crippen MR) is 105 cm³/mol. The number of aromatic nitrogens is 3. The first-order valence-electron chi connectivity index (χ1n) is 9.15. The van der Waals surface area contributed by atoms with E-state index in [1.165, 1.54) is 0 Å². The molecule has 4 rings (SSSR count). The lowest BCUT2D eigenvalue weighted by atomic mass is 10.1. The van der Waals surface area contributed by atoms with Gasteiger partial charge in [-0.25, -0.2) is 4.98 Å². The molecule has 1 aromatic carbocycles. The van der Waals surface area contributed by atoms with Crippen LogP contribution in [0, 0.1) is 0 Å². The maximum atomic E-state index is 12.7. The highest BCUT2D eigenvalue weighted by Gasteiger charge is 2.28. The van der Waals surface area contributed by atoms with Crippen LogP contribution in [-0.4, -0.2) is 32.2 Å². The zero-order chi connectivity index (χ0) is 18.8. The van der Waals surface area contributed by atoms with Gasteiger partial charge in [0, 0.05) is 36.6 Å². The number of nitrogens with zero attached hydrogens (tertiary/aromatic N) is 4. The van der Waals surface area contributed by atoms with Crippen LogP contribution in [0.25, 0.3) is 11.3 Å². The van der Waals surface area contributed by atoms with Gasteiger partial charge < -0.3 is 10.0 Å². The van der Waals surface area contributed by atoms with Gasteiger partial charge in [0.25, 0.3) is 5.56 Å². The summed E-state index contributed by atoms with van der Waals surface area (Å²) < 4.78 is 1.70. The van der Waals surface area contributed by atoms with E-state index in [-0.39, 0.29) is 11.6 Å². The zero-order valence-corrected chi connectivity index (χ0v) is 15.2. The van der Waals surface area contributed by atoms with Crippen LogP contribution in [0.4, 0.5) is 5.95 Å². The van der Waals surface area contributed by atoms with Crippen LogP contribution in [0.5, 0.6) is 0 Å². The van der Waals surface area contributed by atoms with Crippen molar-refractivity contribution in [3.05, 3.63) is 76.8 Å². The standard InChI is InChI=1S/C21H22N4O2/c1-15-9-12-24-20(27)13-18(16-7-10-22-11-8-16)23-21(24)25(15)14-19(26)17-5-3-2-4-6-17/h2-8,10-11,13,15,19,26H,9,12,14H2,1H3/t15?,19-/m1/s1. The smallest absolute Gasteiger partial charge is 0.255 e. The normalized spacial score (nSPS) is 17.4. The molecule has 0 bridgehead atoms. The zero-order valence-electron chi connectivity index (χ0n) is 15.2. The molecule has 3 aromatic rings. The summed E-state index contributed by atoms with van der Waals surface area (Å²) in [6.07, 6.45) is 3.56. The first kappa shape index (κ1) is 17.4. The van der Waals surface area contributed by atoms with Crippen LogP contribution in [0.2, 0.25) is 0 Å². The molecular weight excluding hydrogens is 340 g/mol. The van der Waals surface area contributed by atoms with E-state index >= 15 is 0 Å². The van der Waals surface area contributed by atoms with Gasteiger partial charge in [-0.2, -0.15) is 0 Å². The van der Waals surface area contributed by atoms with E-state index in [2.05, 4.69) is 11.9 Å². The summed E-state index contributed by atoms with van der Waals surface area (Å²) in [5.74, 6) is 0.614. The van der Waals surface area contributed by atoms with Crippen molar-refractivity contribution in [2.75, 3.05) is 11.4 Å². The molecule has 6 nitrogen and oxygen atoms in total. The Hall–Kier alpha value is -2.99. The van der Waals surface area contributed by atoms with Gasteiger partial charge in [0.1, 0.15) is 0 Å². The van der Waals surface area contributed by atoms with Crippen molar-refractivity contribution in [1.82, 2.24) is 14.5 Å². The molecule has 6 heteroatoms. The molecule has 0 saturated heterocycles. The van der Waals surface area contributed by atoms with Crippen molar-refractivity contribution < 1.29 is 5.11 Å². The molecule has 1 N–H and O–H groups in total. The molecule has 1 aliphatic rings. The van der Waals surface area contributed by atoms with E-state index < -0.39 is 6.10 Å². The Kier molecular flexibility index (Phi) is 4.73. The van der Waals surface area contributed by atoms with Crippen molar-refractivity contribution in [2.45, 2.75) is 32.0 Å². The molecule has 3 heterocycles. The highest BCUT2D eigenvalue weighted by atomic mass is 16.3. The van der Waals surface area contributed by atoms with Gasteiger partial charge in [-0.05, 0) is 31.0 Å². The van der Waals surface area contributed by atoms with Gasteiger partial charge in [-0.1, -0.05) is 30.3 Å². The lowest BCUT2D eigenvalue weighted by Crippen LogP contribution is -2.45. The molecule has 0 aliphatic carbocycles. The van der Waals surface area contributed by atoms with Crippen molar-refractivity contribution in [2.24, 2.45) is 0 Å². The fraction of sp³-hybridized carbons (Fsp3) is 0.286. The van der Waals surface area contributed by atoms with Crippen LogP contribution in [-0.2, 0) is 6.54 Å². The van der Waals surface area contributed by atoms with Gasteiger partial charge in [-0.3, -0.25) is 14.3 Å². The molecule has 2 atom stereocenters. The first-order valence-corrected chi connectivity index (χ1v) is 9.15. The van der Waals surface area contributed by atoms with Gasteiger partial charge >= 0.3 is 0 Å². The number of hydrogen-bond acceptors (Lipinski definition) is 5. The summed E-state index contributed by atoms with van der Waals surface area (Å²) in [5.41, 5.74) is 2.27. The minimum absolute atomic E-state index is 0.0714. The number of rotatable bonds is 4. The fourth-order valence-corrected chi connectivity index (χ4v) is 3.49. The van der Waals surface area contributed by atoms with Crippen LogP contribution in [0.15, 0.2) is 65.7 Å². The highest BCUT2D eigenvalue weighted by molar-refractivity contribution is 5.59. The molecule has 2 aromatic heterocycles. The van der Waals surface area contributed by atoms with Crippen molar-refractivity contribution in [3.8, 4) is 11.3 Å². The van der Waals surface area contributed by atoms with E-state index in [0.717, 1.165) is 17.5 Å². The number of pyridine rings is 1. The molecular formula is C21H22N4O2. The van der Waals surface area contributed by atoms with E-state index in [1.807, 2.05) is 47.4 Å². The van der Waals surface area contributed by atoms with E-state index in [0.29, 0.717) is 24.7 Å². The summed E-state index contributed by atoms with van der Waals surface area (Å²) in [6.45, 7) is 3.13. The first-order chi connectivity index (χ1) is 13.1. The van der Waals surface area contributed by atoms with E-state index in [4.69, 9.17) is 4.98 Å². The van der Waals surface area contributed by atoms with Gasteiger partial charge in [0.15, 0.2) is 0 Å². The number of aliphatic hydroxyl groups is 1. The number of benzene rings is 1. The highest BCUT2D eigenvalue weighted by Crippen LogP contribution is 2.27. The third-order valence-corrected chi connectivity index (χ3v) is 5.08. The number of fused-ring (bicyclic) bond motifs is 1. The Labute approximate surface area is 157 Å². The van der Waals surface area contributed by atoms with Crippen molar-refractivity contribution >= 4 is 5.95 Å². The largest absolute Gasteiger partial charge is 0.387 e. The monoisotopic (exact) mass is 362 g/mol. The van der Waals surface area contributed by atoms with E-state index in [9.17, 15) is 9.90 Å². The SMILES string of the molecule is CC1CCn2c(nc(-c3ccncc3)cc2=O)N1C[C@@H](O)c1ccccc1. The molecule has 0 radical (unpaired) electrons. The van der Waals surface area contributed by atoms with Crippen LogP contribution in [0.3, 0.4) is 0 Å². The molecule has 0 spiro atoms. The molecule has 0 saturated carbocycles. The second kappa shape index (κ2) is 7.32. The van der Waals surface area contributed by atoms with Crippen LogP contribution in [0.1, 0.15) is 25.0 Å². The average molecular weight is 362 g/mol. The Morgan fingerprint density at radius 2 is 1.93 bits per heavy atom. The predicted octanol–water partition coefficient (Wildman–Crippen LogP) is 2.64. The molecule has 0 amide bonds. The van der Waals surface area contributed by atoms with Gasteiger partial charge in [-0.15, -0.1) is 0 Å². The Morgan fingerprint density at radius 1 is 1.19 bits per heavy atom. The van der Waals surface area contributed by atoms with Crippen molar-refractivity contribution in [3.63, 3.8) is 0 Å². The molecule has 27 heavy (non-hydrogen) atoms. The van der Waals surface area contributed by atoms with Crippen LogP contribution >= 0.6 is 0 Å². The molecule has 1 unspecified atom stereocenters. The summed E-state index contributed by atoms with van der Waals surface area (Å²) in [4.78, 5) is 23.5.